The molecule has 0 radical (unpaired) electrons. The Labute approximate surface area is 105 Å². The highest BCUT2D eigenvalue weighted by molar-refractivity contribution is 7.90. The van der Waals surface area contributed by atoms with Crippen LogP contribution in [-0.2, 0) is 10.2 Å². The molecular weight excluding hydrogens is 254 g/mol. The second kappa shape index (κ2) is 3.69. The summed E-state index contributed by atoms with van der Waals surface area (Å²) in [7, 11) is -1.84. The van der Waals surface area contributed by atoms with Gasteiger partial charge in [-0.05, 0) is 12.1 Å². The van der Waals surface area contributed by atoms with Crippen LogP contribution in [0.25, 0.3) is 11.1 Å². The number of fused-ring (bicyclic) bond motifs is 1. The van der Waals surface area contributed by atoms with E-state index < -0.39 is 10.2 Å². The van der Waals surface area contributed by atoms with Gasteiger partial charge in [0.25, 0.3) is 0 Å². The lowest BCUT2D eigenvalue weighted by Crippen LogP contribution is -2.32. The summed E-state index contributed by atoms with van der Waals surface area (Å²) in [4.78, 5) is 4.18. The van der Waals surface area contributed by atoms with Crippen molar-refractivity contribution in [3.63, 3.8) is 0 Å². The van der Waals surface area contributed by atoms with E-state index in [2.05, 4.69) is 4.98 Å². The zero-order valence-corrected chi connectivity index (χ0v) is 10.9. The smallest absolute Gasteiger partial charge is 0.303 e. The van der Waals surface area contributed by atoms with Crippen LogP contribution in [0.3, 0.4) is 0 Å². The van der Waals surface area contributed by atoms with Crippen LogP contribution in [0.2, 0.25) is 0 Å². The summed E-state index contributed by atoms with van der Waals surface area (Å²) in [6, 6.07) is 5.18. The lowest BCUT2D eigenvalue weighted by molar-refractivity contribution is 0.560. The summed E-state index contributed by atoms with van der Waals surface area (Å²) < 4.78 is 32.1. The van der Waals surface area contributed by atoms with Crippen LogP contribution in [0.15, 0.2) is 22.6 Å². The molecule has 2 aromatic rings. The van der Waals surface area contributed by atoms with Crippen LogP contribution in [0.4, 0.5) is 5.69 Å². The molecule has 3 rings (SSSR count). The molecule has 1 fully saturated rings. The molecule has 0 bridgehead atoms. The Morgan fingerprint density at radius 3 is 2.78 bits per heavy atom. The molecule has 1 saturated heterocycles. The van der Waals surface area contributed by atoms with Crippen molar-refractivity contribution in [2.24, 2.45) is 0 Å². The first kappa shape index (κ1) is 11.5. The Balaban J connectivity index is 2.03. The van der Waals surface area contributed by atoms with Crippen molar-refractivity contribution in [2.75, 3.05) is 24.4 Å². The Morgan fingerprint density at radius 1 is 1.39 bits per heavy atom. The quantitative estimate of drug-likeness (QED) is 0.782. The maximum absolute atomic E-state index is 12.0. The van der Waals surface area contributed by atoms with Gasteiger partial charge in [0, 0.05) is 33.1 Å². The first-order chi connectivity index (χ1) is 8.48. The van der Waals surface area contributed by atoms with Gasteiger partial charge in [0.2, 0.25) is 0 Å². The van der Waals surface area contributed by atoms with Crippen LogP contribution in [0, 0.1) is 6.92 Å². The zero-order chi connectivity index (χ0) is 12.9. The minimum Gasteiger partial charge on any atom is -0.441 e. The van der Waals surface area contributed by atoms with E-state index in [4.69, 9.17) is 4.42 Å². The van der Waals surface area contributed by atoms with Crippen molar-refractivity contribution in [3.8, 4) is 0 Å². The number of aromatic nitrogens is 1. The van der Waals surface area contributed by atoms with E-state index in [1.54, 1.807) is 25.1 Å². The predicted octanol–water partition coefficient (Wildman–Crippen LogP) is 1.13. The van der Waals surface area contributed by atoms with Gasteiger partial charge in [0.15, 0.2) is 11.5 Å². The SMILES string of the molecule is Cc1nc2ccc(N(C)S(=O)(=O)N3CC3)cc2o1. The van der Waals surface area contributed by atoms with Crippen molar-refractivity contribution in [1.29, 1.82) is 0 Å². The Morgan fingerprint density at radius 2 is 2.11 bits per heavy atom. The standard InChI is InChI=1S/C11H13N3O3S/c1-8-12-10-4-3-9(7-11(10)17-8)13(2)18(15,16)14-5-6-14/h3-4,7H,5-6H2,1-2H3. The highest BCUT2D eigenvalue weighted by Crippen LogP contribution is 2.26. The summed E-state index contributed by atoms with van der Waals surface area (Å²) in [5.41, 5.74) is 1.90. The van der Waals surface area contributed by atoms with Crippen LogP contribution in [0.1, 0.15) is 5.89 Å². The molecule has 0 saturated carbocycles. The minimum atomic E-state index is -3.38. The second-order valence-electron chi connectivity index (χ2n) is 4.26. The van der Waals surface area contributed by atoms with Crippen molar-refractivity contribution in [1.82, 2.24) is 9.29 Å². The summed E-state index contributed by atoms with van der Waals surface area (Å²) >= 11 is 0. The van der Waals surface area contributed by atoms with Crippen molar-refractivity contribution in [3.05, 3.63) is 24.1 Å². The molecule has 18 heavy (non-hydrogen) atoms. The van der Waals surface area contributed by atoms with E-state index in [9.17, 15) is 8.42 Å². The first-order valence-electron chi connectivity index (χ1n) is 5.60. The monoisotopic (exact) mass is 267 g/mol. The number of anilines is 1. The molecule has 0 unspecified atom stereocenters. The molecule has 0 N–H and O–H groups in total. The van der Waals surface area contributed by atoms with Gasteiger partial charge in [-0.15, -0.1) is 0 Å². The molecule has 1 aliphatic rings. The van der Waals surface area contributed by atoms with Crippen LogP contribution >= 0.6 is 0 Å². The molecule has 6 nitrogen and oxygen atoms in total. The van der Waals surface area contributed by atoms with Crippen LogP contribution in [-0.4, -0.2) is 37.8 Å². The van der Waals surface area contributed by atoms with E-state index in [0.717, 1.165) is 5.52 Å². The number of oxazole rings is 1. The molecule has 1 aliphatic heterocycles. The van der Waals surface area contributed by atoms with Gasteiger partial charge in [0.05, 0.1) is 5.69 Å². The van der Waals surface area contributed by atoms with E-state index in [1.807, 2.05) is 0 Å². The lowest BCUT2D eigenvalue weighted by atomic mass is 10.3. The summed E-state index contributed by atoms with van der Waals surface area (Å²) in [6.45, 7) is 2.95. The lowest BCUT2D eigenvalue weighted by Gasteiger charge is -2.19. The van der Waals surface area contributed by atoms with Crippen molar-refractivity contribution < 1.29 is 12.8 Å². The second-order valence-corrected chi connectivity index (χ2v) is 6.22. The molecule has 2 heterocycles. The van der Waals surface area contributed by atoms with E-state index >= 15 is 0 Å². The molecule has 0 aliphatic carbocycles. The summed E-state index contributed by atoms with van der Waals surface area (Å²) in [6.07, 6.45) is 0. The van der Waals surface area contributed by atoms with Crippen molar-refractivity contribution >= 4 is 27.0 Å². The predicted molar refractivity (Wildman–Crippen MR) is 67.6 cm³/mol. The third kappa shape index (κ3) is 1.75. The largest absolute Gasteiger partial charge is 0.441 e. The average molecular weight is 267 g/mol. The fraction of sp³-hybridized carbons (Fsp3) is 0.364. The number of hydrogen-bond acceptors (Lipinski definition) is 4. The van der Waals surface area contributed by atoms with Gasteiger partial charge >= 0.3 is 10.2 Å². The number of rotatable bonds is 3. The van der Waals surface area contributed by atoms with Gasteiger partial charge in [-0.1, -0.05) is 0 Å². The average Bonchev–Trinajstić information content (AvgIpc) is 3.10. The fourth-order valence-electron chi connectivity index (χ4n) is 1.80. The van der Waals surface area contributed by atoms with Gasteiger partial charge < -0.3 is 4.42 Å². The third-order valence-electron chi connectivity index (χ3n) is 2.92. The maximum Gasteiger partial charge on any atom is 0.303 e. The Hall–Kier alpha value is -1.60. The number of nitrogens with zero attached hydrogens (tertiary/aromatic N) is 3. The number of aryl methyl sites for hydroxylation is 1. The van der Waals surface area contributed by atoms with E-state index in [1.165, 1.54) is 15.7 Å². The van der Waals surface area contributed by atoms with Crippen LogP contribution in [0.5, 0.6) is 0 Å². The topological polar surface area (TPSA) is 66.4 Å². The van der Waals surface area contributed by atoms with E-state index in [0.29, 0.717) is 30.3 Å². The molecule has 7 heteroatoms. The van der Waals surface area contributed by atoms with Gasteiger partial charge in [0.1, 0.15) is 5.52 Å². The van der Waals surface area contributed by atoms with E-state index in [-0.39, 0.29) is 0 Å². The molecule has 96 valence electrons. The van der Waals surface area contributed by atoms with Crippen molar-refractivity contribution in [2.45, 2.75) is 6.92 Å². The highest BCUT2D eigenvalue weighted by Gasteiger charge is 2.35. The maximum atomic E-state index is 12.0. The fourth-order valence-corrected chi connectivity index (χ4v) is 3.07. The molecule has 1 aromatic heterocycles. The van der Waals surface area contributed by atoms with Gasteiger partial charge in [-0.25, -0.2) is 4.98 Å². The Kier molecular flexibility index (Phi) is 2.36. The summed E-state index contributed by atoms with van der Waals surface area (Å²) in [5.74, 6) is 0.568. The molecule has 0 spiro atoms. The number of hydrogen-bond donors (Lipinski definition) is 0. The molecular formula is C11H13N3O3S. The van der Waals surface area contributed by atoms with Gasteiger partial charge in [-0.2, -0.15) is 12.7 Å². The normalized spacial score (nSPS) is 16.1. The Bertz CT molecular complexity index is 703. The number of benzene rings is 1. The highest BCUT2D eigenvalue weighted by atomic mass is 32.2. The van der Waals surface area contributed by atoms with Crippen LogP contribution < -0.4 is 4.31 Å². The van der Waals surface area contributed by atoms with Gasteiger partial charge in [-0.3, -0.25) is 4.31 Å². The zero-order valence-electron chi connectivity index (χ0n) is 10.1. The minimum absolute atomic E-state index is 0.568. The molecule has 0 amide bonds. The first-order valence-corrected chi connectivity index (χ1v) is 6.99. The third-order valence-corrected chi connectivity index (χ3v) is 4.84. The summed E-state index contributed by atoms with van der Waals surface area (Å²) in [5, 5.41) is 0. The molecule has 1 aromatic carbocycles. The molecule has 0 atom stereocenters.